The maximum atomic E-state index is 12.9. The third kappa shape index (κ3) is 5.42. The molecule has 0 atom stereocenters. The number of nitrogens with zero attached hydrogens (tertiary/aromatic N) is 2. The maximum Gasteiger partial charge on any atom is 0.264 e. The monoisotopic (exact) mass is 440 g/mol. The molecule has 0 bridgehead atoms. The number of hydrogen-bond acceptors (Lipinski definition) is 4. The molecule has 156 valence electrons. The summed E-state index contributed by atoms with van der Waals surface area (Å²) in [5.41, 5.74) is 3.62. The fourth-order valence-corrected chi connectivity index (χ4v) is 4.66. The highest BCUT2D eigenvalue weighted by Gasteiger charge is 2.23. The molecular weight excluding hydrogens is 416 g/mol. The van der Waals surface area contributed by atoms with Crippen LogP contribution in [0.2, 0.25) is 5.02 Å². The molecule has 4 rings (SSSR count). The van der Waals surface area contributed by atoms with Crippen molar-refractivity contribution in [2.75, 3.05) is 26.2 Å². The fourth-order valence-electron chi connectivity index (χ4n) is 3.62. The molecule has 1 aromatic heterocycles. The predicted octanol–water partition coefficient (Wildman–Crippen LogP) is 5.25. The van der Waals surface area contributed by atoms with E-state index < -0.39 is 0 Å². The molecule has 0 radical (unpaired) electrons. The van der Waals surface area contributed by atoms with Gasteiger partial charge in [0.15, 0.2) is 0 Å². The minimum atomic E-state index is 0.115. The number of rotatable bonds is 6. The van der Waals surface area contributed by atoms with Gasteiger partial charge in [-0.1, -0.05) is 47.5 Å². The van der Waals surface area contributed by atoms with E-state index in [0.717, 1.165) is 48.9 Å². The van der Waals surface area contributed by atoms with E-state index in [2.05, 4.69) is 36.1 Å². The van der Waals surface area contributed by atoms with Crippen LogP contribution in [0.1, 0.15) is 26.4 Å². The summed E-state index contributed by atoms with van der Waals surface area (Å²) in [6, 6.07) is 17.9. The van der Waals surface area contributed by atoms with Crippen molar-refractivity contribution >= 4 is 28.8 Å². The Balaban J connectivity index is 1.28. The summed E-state index contributed by atoms with van der Waals surface area (Å²) in [5.74, 6) is 0.843. The van der Waals surface area contributed by atoms with Gasteiger partial charge in [0.1, 0.15) is 12.4 Å². The second-order valence-corrected chi connectivity index (χ2v) is 8.97. The minimum absolute atomic E-state index is 0.115. The maximum absolute atomic E-state index is 12.9. The highest BCUT2D eigenvalue weighted by molar-refractivity contribution is 7.12. The zero-order valence-electron chi connectivity index (χ0n) is 17.0. The van der Waals surface area contributed by atoms with E-state index >= 15 is 0 Å². The summed E-state index contributed by atoms with van der Waals surface area (Å²) >= 11 is 7.47. The lowest BCUT2D eigenvalue weighted by Crippen LogP contribution is -2.48. The standard InChI is InChI=1S/C24H25ClN2O2S/c1-18-4-2-5-19(12-18)15-26-8-10-27(11-9-26)24(28)23-13-20(17-30-23)16-29-22-7-3-6-21(25)14-22/h2-7,12-14,17H,8-11,15-16H2,1H3. The first-order valence-electron chi connectivity index (χ1n) is 10.1. The van der Waals surface area contributed by atoms with Crippen LogP contribution in [0.3, 0.4) is 0 Å². The highest BCUT2D eigenvalue weighted by Crippen LogP contribution is 2.22. The van der Waals surface area contributed by atoms with Crippen molar-refractivity contribution in [3.63, 3.8) is 0 Å². The second kappa shape index (κ2) is 9.65. The smallest absolute Gasteiger partial charge is 0.264 e. The van der Waals surface area contributed by atoms with Gasteiger partial charge >= 0.3 is 0 Å². The molecule has 6 heteroatoms. The van der Waals surface area contributed by atoms with Crippen LogP contribution in [0.4, 0.5) is 0 Å². The number of carbonyl (C=O) groups excluding carboxylic acids is 1. The second-order valence-electron chi connectivity index (χ2n) is 7.62. The molecule has 2 heterocycles. The van der Waals surface area contributed by atoms with Crippen LogP contribution in [0, 0.1) is 6.92 Å². The quantitative estimate of drug-likeness (QED) is 0.525. The topological polar surface area (TPSA) is 32.8 Å². The molecule has 1 aliphatic heterocycles. The number of carbonyl (C=O) groups is 1. The molecule has 1 aliphatic rings. The number of amides is 1. The van der Waals surface area contributed by atoms with Crippen LogP contribution in [-0.2, 0) is 13.2 Å². The fraction of sp³-hybridized carbons (Fsp3) is 0.292. The average Bonchev–Trinajstić information content (AvgIpc) is 3.22. The lowest BCUT2D eigenvalue weighted by atomic mass is 10.1. The Morgan fingerprint density at radius 1 is 1.03 bits per heavy atom. The largest absolute Gasteiger partial charge is 0.489 e. The Labute approximate surface area is 186 Å². The van der Waals surface area contributed by atoms with Crippen molar-refractivity contribution in [1.82, 2.24) is 9.80 Å². The molecule has 2 aromatic carbocycles. The minimum Gasteiger partial charge on any atom is -0.489 e. The van der Waals surface area contributed by atoms with Crippen molar-refractivity contribution in [1.29, 1.82) is 0 Å². The van der Waals surface area contributed by atoms with Crippen LogP contribution in [0.5, 0.6) is 5.75 Å². The summed E-state index contributed by atoms with van der Waals surface area (Å²) in [7, 11) is 0. The van der Waals surface area contributed by atoms with Gasteiger partial charge in [0.2, 0.25) is 0 Å². The number of benzene rings is 2. The first kappa shape index (κ1) is 20.9. The third-order valence-corrected chi connectivity index (χ3v) is 6.42. The van der Waals surface area contributed by atoms with Crippen LogP contribution >= 0.6 is 22.9 Å². The zero-order valence-corrected chi connectivity index (χ0v) is 18.6. The van der Waals surface area contributed by atoms with Crippen LogP contribution in [0.25, 0.3) is 0 Å². The number of piperazine rings is 1. The normalized spacial score (nSPS) is 14.7. The van der Waals surface area contributed by atoms with E-state index in [0.29, 0.717) is 11.6 Å². The first-order chi connectivity index (χ1) is 14.6. The van der Waals surface area contributed by atoms with E-state index in [1.165, 1.54) is 22.5 Å². The van der Waals surface area contributed by atoms with Crippen molar-refractivity contribution in [3.8, 4) is 5.75 Å². The Kier molecular flexibility index (Phi) is 6.72. The molecule has 4 nitrogen and oxygen atoms in total. The summed E-state index contributed by atoms with van der Waals surface area (Å²) in [6.07, 6.45) is 0. The molecule has 1 amide bonds. The molecule has 0 N–H and O–H groups in total. The number of ether oxygens (including phenoxy) is 1. The molecule has 0 unspecified atom stereocenters. The molecule has 1 saturated heterocycles. The van der Waals surface area contributed by atoms with Crippen molar-refractivity contribution in [2.45, 2.75) is 20.1 Å². The summed E-state index contributed by atoms with van der Waals surface area (Å²) < 4.78 is 5.78. The first-order valence-corrected chi connectivity index (χ1v) is 11.4. The molecule has 1 fully saturated rings. The molecule has 3 aromatic rings. The third-order valence-electron chi connectivity index (χ3n) is 5.21. The van der Waals surface area contributed by atoms with Gasteiger partial charge in [-0.05, 0) is 42.1 Å². The molecule has 30 heavy (non-hydrogen) atoms. The van der Waals surface area contributed by atoms with Gasteiger partial charge in [0.25, 0.3) is 5.91 Å². The molecule has 0 spiro atoms. The Hall–Kier alpha value is -2.34. The van der Waals surface area contributed by atoms with E-state index in [1.54, 1.807) is 6.07 Å². The van der Waals surface area contributed by atoms with E-state index in [-0.39, 0.29) is 5.91 Å². The SMILES string of the molecule is Cc1cccc(CN2CCN(C(=O)c3cc(COc4cccc(Cl)c4)cs3)CC2)c1. The summed E-state index contributed by atoms with van der Waals surface area (Å²) in [6.45, 7) is 6.80. The van der Waals surface area contributed by atoms with Crippen molar-refractivity contribution < 1.29 is 9.53 Å². The van der Waals surface area contributed by atoms with Crippen molar-refractivity contribution in [2.24, 2.45) is 0 Å². The summed E-state index contributed by atoms with van der Waals surface area (Å²) in [5, 5.41) is 2.64. The lowest BCUT2D eigenvalue weighted by molar-refractivity contribution is 0.0633. The number of halogens is 1. The number of aryl methyl sites for hydroxylation is 1. The molecule has 0 saturated carbocycles. The van der Waals surface area contributed by atoms with E-state index in [9.17, 15) is 4.79 Å². The van der Waals surface area contributed by atoms with Crippen LogP contribution in [0.15, 0.2) is 60.0 Å². The van der Waals surface area contributed by atoms with E-state index in [4.69, 9.17) is 16.3 Å². The van der Waals surface area contributed by atoms with Gasteiger partial charge < -0.3 is 9.64 Å². The Morgan fingerprint density at radius 2 is 1.83 bits per heavy atom. The van der Waals surface area contributed by atoms with Gasteiger partial charge in [-0.2, -0.15) is 0 Å². The Bertz CT molecular complexity index is 1010. The van der Waals surface area contributed by atoms with Gasteiger partial charge in [-0.3, -0.25) is 9.69 Å². The Morgan fingerprint density at radius 3 is 2.60 bits per heavy atom. The highest BCUT2D eigenvalue weighted by atomic mass is 35.5. The van der Waals surface area contributed by atoms with Gasteiger partial charge in [-0.15, -0.1) is 11.3 Å². The zero-order chi connectivity index (χ0) is 20.9. The van der Waals surface area contributed by atoms with Gasteiger partial charge in [-0.25, -0.2) is 0 Å². The van der Waals surface area contributed by atoms with Crippen LogP contribution in [-0.4, -0.2) is 41.9 Å². The molecular formula is C24H25ClN2O2S. The van der Waals surface area contributed by atoms with Gasteiger partial charge in [0.05, 0.1) is 4.88 Å². The van der Waals surface area contributed by atoms with Gasteiger partial charge in [0, 0.05) is 43.3 Å². The molecule has 0 aliphatic carbocycles. The summed E-state index contributed by atoms with van der Waals surface area (Å²) in [4.78, 5) is 18.0. The van der Waals surface area contributed by atoms with Crippen LogP contribution < -0.4 is 4.74 Å². The van der Waals surface area contributed by atoms with E-state index in [1.807, 2.05) is 34.5 Å². The number of thiophene rings is 1. The average molecular weight is 441 g/mol. The predicted molar refractivity (Wildman–Crippen MR) is 122 cm³/mol. The lowest BCUT2D eigenvalue weighted by Gasteiger charge is -2.34. The van der Waals surface area contributed by atoms with Crippen molar-refractivity contribution in [3.05, 3.63) is 86.6 Å². The number of hydrogen-bond donors (Lipinski definition) is 0.